The van der Waals surface area contributed by atoms with E-state index in [1.165, 1.54) is 0 Å². The largest absolute Gasteiger partial charge is 0.347 e. The van der Waals surface area contributed by atoms with Crippen molar-refractivity contribution < 1.29 is 14.8 Å². The topological polar surface area (TPSA) is 83.4 Å². The zero-order chi connectivity index (χ0) is 16.4. The standard InChI is InChI=1S/C17H19N3O3/c1-20-9-3-6-15(20)17(22)18-14-5-2-4-11-10-12(16(21)19-23)7-8-13(11)14/h3,6-10,14,23H,2,4-5H2,1H3,(H,18,22)(H,19,21)/t14-/m0/s1. The quantitative estimate of drug-likeness (QED) is 0.598. The number of nitrogens with one attached hydrogen (secondary N) is 2. The zero-order valence-electron chi connectivity index (χ0n) is 12.9. The summed E-state index contributed by atoms with van der Waals surface area (Å²) in [6.07, 6.45) is 4.51. The monoisotopic (exact) mass is 313 g/mol. The number of nitrogens with zero attached hydrogens (tertiary/aromatic N) is 1. The molecule has 0 saturated carbocycles. The van der Waals surface area contributed by atoms with Crippen molar-refractivity contribution in [3.63, 3.8) is 0 Å². The summed E-state index contributed by atoms with van der Waals surface area (Å²) in [4.78, 5) is 23.9. The third kappa shape index (κ3) is 2.98. The maximum atomic E-state index is 12.4. The number of rotatable bonds is 3. The molecule has 1 heterocycles. The Morgan fingerprint density at radius 1 is 1.26 bits per heavy atom. The number of benzene rings is 1. The number of amides is 2. The van der Waals surface area contributed by atoms with Crippen LogP contribution in [0.25, 0.3) is 0 Å². The van der Waals surface area contributed by atoms with Crippen LogP contribution in [0.3, 0.4) is 0 Å². The lowest BCUT2D eigenvalue weighted by molar-refractivity contribution is 0.0706. The first-order valence-corrected chi connectivity index (χ1v) is 7.59. The normalized spacial score (nSPS) is 16.5. The van der Waals surface area contributed by atoms with Gasteiger partial charge in [-0.3, -0.25) is 14.8 Å². The summed E-state index contributed by atoms with van der Waals surface area (Å²) in [5.74, 6) is -0.629. The van der Waals surface area contributed by atoms with Gasteiger partial charge in [-0.25, -0.2) is 5.48 Å². The van der Waals surface area contributed by atoms with Crippen LogP contribution in [0.5, 0.6) is 0 Å². The number of hydroxylamine groups is 1. The maximum Gasteiger partial charge on any atom is 0.274 e. The summed E-state index contributed by atoms with van der Waals surface area (Å²) in [6.45, 7) is 0. The highest BCUT2D eigenvalue weighted by atomic mass is 16.5. The number of hydrogen-bond acceptors (Lipinski definition) is 3. The molecule has 0 unspecified atom stereocenters. The molecule has 0 spiro atoms. The van der Waals surface area contributed by atoms with Crippen molar-refractivity contribution in [3.05, 3.63) is 58.9 Å². The van der Waals surface area contributed by atoms with Crippen LogP contribution in [0.2, 0.25) is 0 Å². The van der Waals surface area contributed by atoms with Gasteiger partial charge >= 0.3 is 0 Å². The Labute approximate surface area is 134 Å². The van der Waals surface area contributed by atoms with Crippen LogP contribution in [-0.4, -0.2) is 21.6 Å². The molecule has 2 amide bonds. The van der Waals surface area contributed by atoms with Crippen LogP contribution in [0.1, 0.15) is 50.9 Å². The minimum Gasteiger partial charge on any atom is -0.347 e. The van der Waals surface area contributed by atoms with Gasteiger partial charge in [-0.05, 0) is 54.7 Å². The van der Waals surface area contributed by atoms with Crippen molar-refractivity contribution in [3.8, 4) is 0 Å². The van der Waals surface area contributed by atoms with Crippen LogP contribution >= 0.6 is 0 Å². The van der Waals surface area contributed by atoms with E-state index in [1.54, 1.807) is 28.2 Å². The molecule has 6 heteroatoms. The van der Waals surface area contributed by atoms with E-state index in [0.29, 0.717) is 11.3 Å². The molecule has 120 valence electrons. The fourth-order valence-electron chi connectivity index (χ4n) is 3.10. The Morgan fingerprint density at radius 2 is 2.09 bits per heavy atom. The van der Waals surface area contributed by atoms with Gasteiger partial charge in [-0.2, -0.15) is 0 Å². The number of hydrogen-bond donors (Lipinski definition) is 3. The highest BCUT2D eigenvalue weighted by Crippen LogP contribution is 2.30. The second-order valence-corrected chi connectivity index (χ2v) is 5.78. The Bertz CT molecular complexity index is 751. The van der Waals surface area contributed by atoms with Crippen LogP contribution in [0, 0.1) is 0 Å². The van der Waals surface area contributed by atoms with Crippen molar-refractivity contribution in [1.29, 1.82) is 0 Å². The van der Waals surface area contributed by atoms with Crippen molar-refractivity contribution in [1.82, 2.24) is 15.4 Å². The van der Waals surface area contributed by atoms with Crippen LogP contribution in [-0.2, 0) is 13.5 Å². The van der Waals surface area contributed by atoms with Gasteiger partial charge < -0.3 is 9.88 Å². The minimum atomic E-state index is -0.525. The Hall–Kier alpha value is -2.60. The summed E-state index contributed by atoms with van der Waals surface area (Å²) in [5.41, 5.74) is 4.75. The molecular weight excluding hydrogens is 294 g/mol. The summed E-state index contributed by atoms with van der Waals surface area (Å²) >= 11 is 0. The van der Waals surface area contributed by atoms with Gasteiger partial charge in [0, 0.05) is 18.8 Å². The predicted molar refractivity (Wildman–Crippen MR) is 84.3 cm³/mol. The fraction of sp³-hybridized carbons (Fsp3) is 0.294. The lowest BCUT2D eigenvalue weighted by atomic mass is 9.86. The third-order valence-electron chi connectivity index (χ3n) is 4.30. The molecule has 1 aromatic heterocycles. The van der Waals surface area contributed by atoms with Crippen LogP contribution in [0.4, 0.5) is 0 Å². The molecule has 3 N–H and O–H groups in total. The fourth-order valence-corrected chi connectivity index (χ4v) is 3.10. The van der Waals surface area contributed by atoms with Crippen LogP contribution in [0.15, 0.2) is 36.5 Å². The summed E-state index contributed by atoms with van der Waals surface area (Å²) in [5, 5.41) is 11.8. The molecule has 0 radical (unpaired) electrons. The van der Waals surface area contributed by atoms with Crippen molar-refractivity contribution in [2.45, 2.75) is 25.3 Å². The summed E-state index contributed by atoms with van der Waals surface area (Å²) < 4.78 is 1.79. The second-order valence-electron chi connectivity index (χ2n) is 5.78. The molecular formula is C17H19N3O3. The predicted octanol–water partition coefficient (Wildman–Crippen LogP) is 1.95. The molecule has 0 aliphatic heterocycles. The number of carbonyl (C=O) groups is 2. The number of carbonyl (C=O) groups excluding carboxylic acids is 2. The average Bonchev–Trinajstić information content (AvgIpc) is 3.00. The van der Waals surface area contributed by atoms with E-state index in [2.05, 4.69) is 5.32 Å². The number of aromatic nitrogens is 1. The zero-order valence-corrected chi connectivity index (χ0v) is 12.9. The molecule has 0 saturated heterocycles. The van der Waals surface area contributed by atoms with Gasteiger partial charge in [0.15, 0.2) is 0 Å². The van der Waals surface area contributed by atoms with Gasteiger partial charge in [0.05, 0.1) is 6.04 Å². The van der Waals surface area contributed by atoms with Gasteiger partial charge in [0.1, 0.15) is 5.69 Å². The lowest BCUT2D eigenvalue weighted by Gasteiger charge is -2.27. The number of aryl methyl sites for hydroxylation is 2. The molecule has 0 fully saturated rings. The molecule has 2 aromatic rings. The Morgan fingerprint density at radius 3 is 2.78 bits per heavy atom. The first-order chi connectivity index (χ1) is 11.1. The summed E-state index contributed by atoms with van der Waals surface area (Å²) in [6, 6.07) is 8.86. The van der Waals surface area contributed by atoms with Gasteiger partial charge in [0.25, 0.3) is 11.8 Å². The van der Waals surface area contributed by atoms with Gasteiger partial charge in [-0.1, -0.05) is 6.07 Å². The van der Waals surface area contributed by atoms with Crippen LogP contribution < -0.4 is 10.8 Å². The molecule has 23 heavy (non-hydrogen) atoms. The smallest absolute Gasteiger partial charge is 0.274 e. The van der Waals surface area contributed by atoms with E-state index < -0.39 is 5.91 Å². The molecule has 3 rings (SSSR count). The average molecular weight is 313 g/mol. The van der Waals surface area contributed by atoms with E-state index in [-0.39, 0.29) is 11.9 Å². The Balaban J connectivity index is 1.83. The first kappa shape index (κ1) is 15.3. The van der Waals surface area contributed by atoms with E-state index in [0.717, 1.165) is 30.4 Å². The van der Waals surface area contributed by atoms with E-state index in [1.807, 2.05) is 25.4 Å². The Kier molecular flexibility index (Phi) is 4.16. The highest BCUT2D eigenvalue weighted by Gasteiger charge is 2.23. The third-order valence-corrected chi connectivity index (χ3v) is 4.30. The molecule has 6 nitrogen and oxygen atoms in total. The lowest BCUT2D eigenvalue weighted by Crippen LogP contribution is -2.32. The van der Waals surface area contributed by atoms with E-state index >= 15 is 0 Å². The minimum absolute atomic E-state index is 0.0626. The SMILES string of the molecule is Cn1cccc1C(=O)N[C@H]1CCCc2cc(C(=O)NO)ccc21. The highest BCUT2D eigenvalue weighted by molar-refractivity contribution is 5.94. The molecule has 1 aliphatic rings. The first-order valence-electron chi connectivity index (χ1n) is 7.59. The van der Waals surface area contributed by atoms with E-state index in [4.69, 9.17) is 5.21 Å². The molecule has 0 bridgehead atoms. The van der Waals surface area contributed by atoms with E-state index in [9.17, 15) is 9.59 Å². The molecule has 1 aromatic carbocycles. The second kappa shape index (κ2) is 6.26. The molecule has 1 atom stereocenters. The number of fused-ring (bicyclic) bond motifs is 1. The van der Waals surface area contributed by atoms with Gasteiger partial charge in [-0.15, -0.1) is 0 Å². The molecule has 1 aliphatic carbocycles. The van der Waals surface area contributed by atoms with Crippen molar-refractivity contribution in [2.24, 2.45) is 7.05 Å². The van der Waals surface area contributed by atoms with Crippen molar-refractivity contribution >= 4 is 11.8 Å². The van der Waals surface area contributed by atoms with Crippen molar-refractivity contribution in [2.75, 3.05) is 0 Å². The maximum absolute atomic E-state index is 12.4. The summed E-state index contributed by atoms with van der Waals surface area (Å²) in [7, 11) is 1.84. The van der Waals surface area contributed by atoms with Gasteiger partial charge in [0.2, 0.25) is 0 Å².